The lowest BCUT2D eigenvalue weighted by Gasteiger charge is -2.46. The van der Waals surface area contributed by atoms with Gasteiger partial charge in [-0.1, -0.05) is 0 Å². The van der Waals surface area contributed by atoms with Crippen LogP contribution in [0.2, 0.25) is 0 Å². The van der Waals surface area contributed by atoms with Gasteiger partial charge in [-0.2, -0.15) is 0 Å². The molecule has 17 heavy (non-hydrogen) atoms. The molecule has 0 radical (unpaired) electrons. The van der Waals surface area contributed by atoms with Crippen molar-refractivity contribution in [3.8, 4) is 0 Å². The summed E-state index contributed by atoms with van der Waals surface area (Å²) in [4.78, 5) is 9.00. The van der Waals surface area contributed by atoms with E-state index < -0.39 is 0 Å². The number of nitrogens with two attached hydrogens (primary N) is 1. The average Bonchev–Trinajstić information content (AvgIpc) is 2.28. The molecular formula is C12H24N4O. The lowest BCUT2D eigenvalue weighted by molar-refractivity contribution is 0.0630. The van der Waals surface area contributed by atoms with Gasteiger partial charge in [0.05, 0.1) is 19.8 Å². The lowest BCUT2D eigenvalue weighted by Crippen LogP contribution is -2.53. The van der Waals surface area contributed by atoms with Crippen molar-refractivity contribution in [2.24, 2.45) is 10.7 Å². The van der Waals surface area contributed by atoms with Crippen molar-refractivity contribution in [1.82, 2.24) is 9.80 Å². The Hall–Kier alpha value is -0.810. The standard InChI is InChI=1S/C12H24N4O/c1-15(2)12(4-3-5-12)10-14-11(13)16-6-8-17-9-7-16/h3-10H2,1-2H3,(H2,13,14). The number of hydrogen-bond acceptors (Lipinski definition) is 3. The van der Waals surface area contributed by atoms with E-state index in [1.165, 1.54) is 19.3 Å². The molecule has 0 unspecified atom stereocenters. The Morgan fingerprint density at radius 2 is 2.00 bits per heavy atom. The third-order valence-corrected chi connectivity index (χ3v) is 4.10. The summed E-state index contributed by atoms with van der Waals surface area (Å²) in [5.41, 5.74) is 6.30. The highest BCUT2D eigenvalue weighted by molar-refractivity contribution is 5.78. The van der Waals surface area contributed by atoms with Gasteiger partial charge in [-0.05, 0) is 33.4 Å². The summed E-state index contributed by atoms with van der Waals surface area (Å²) in [5, 5.41) is 0. The fourth-order valence-electron chi connectivity index (χ4n) is 2.45. The molecular weight excluding hydrogens is 216 g/mol. The van der Waals surface area contributed by atoms with E-state index in [9.17, 15) is 0 Å². The molecule has 0 aromatic rings. The predicted octanol–water partition coefficient (Wildman–Crippen LogP) is 0.118. The number of likely N-dealkylation sites (N-methyl/N-ethyl adjacent to an activating group) is 1. The van der Waals surface area contributed by atoms with Gasteiger partial charge in [-0.25, -0.2) is 0 Å². The van der Waals surface area contributed by atoms with Gasteiger partial charge in [-0.3, -0.25) is 4.99 Å². The van der Waals surface area contributed by atoms with Crippen LogP contribution in [-0.4, -0.2) is 68.2 Å². The van der Waals surface area contributed by atoms with Gasteiger partial charge < -0.3 is 20.3 Å². The van der Waals surface area contributed by atoms with Gasteiger partial charge in [0.15, 0.2) is 5.96 Å². The second-order valence-electron chi connectivity index (χ2n) is 5.25. The van der Waals surface area contributed by atoms with Gasteiger partial charge in [0.25, 0.3) is 0 Å². The maximum Gasteiger partial charge on any atom is 0.191 e. The zero-order valence-electron chi connectivity index (χ0n) is 11.0. The molecule has 0 bridgehead atoms. The lowest BCUT2D eigenvalue weighted by atomic mass is 9.76. The van der Waals surface area contributed by atoms with Gasteiger partial charge in [-0.15, -0.1) is 0 Å². The molecule has 1 heterocycles. The van der Waals surface area contributed by atoms with Crippen molar-refractivity contribution in [3.05, 3.63) is 0 Å². The third-order valence-electron chi connectivity index (χ3n) is 4.10. The molecule has 2 aliphatic rings. The zero-order valence-corrected chi connectivity index (χ0v) is 11.0. The average molecular weight is 240 g/mol. The summed E-state index contributed by atoms with van der Waals surface area (Å²) < 4.78 is 5.31. The second-order valence-corrected chi connectivity index (χ2v) is 5.25. The highest BCUT2D eigenvalue weighted by Gasteiger charge is 2.38. The van der Waals surface area contributed by atoms with Crippen LogP contribution in [0, 0.1) is 0 Å². The number of aliphatic imine (C=N–C) groups is 1. The molecule has 5 heteroatoms. The van der Waals surface area contributed by atoms with E-state index in [-0.39, 0.29) is 5.54 Å². The van der Waals surface area contributed by atoms with Crippen molar-refractivity contribution < 1.29 is 4.74 Å². The van der Waals surface area contributed by atoms with Crippen LogP contribution in [0.25, 0.3) is 0 Å². The Balaban J connectivity index is 1.90. The van der Waals surface area contributed by atoms with Gasteiger partial charge in [0, 0.05) is 18.6 Å². The molecule has 1 aliphatic heterocycles. The van der Waals surface area contributed by atoms with E-state index in [0.29, 0.717) is 5.96 Å². The maximum absolute atomic E-state index is 6.04. The molecule has 0 aromatic carbocycles. The van der Waals surface area contributed by atoms with Crippen molar-refractivity contribution in [1.29, 1.82) is 0 Å². The van der Waals surface area contributed by atoms with E-state index >= 15 is 0 Å². The predicted molar refractivity (Wildman–Crippen MR) is 69.2 cm³/mol. The molecule has 0 aromatic heterocycles. The molecule has 2 rings (SSSR count). The first-order valence-electron chi connectivity index (χ1n) is 6.44. The minimum absolute atomic E-state index is 0.261. The summed E-state index contributed by atoms with van der Waals surface area (Å²) in [6.07, 6.45) is 3.78. The third kappa shape index (κ3) is 2.72. The number of hydrogen-bond donors (Lipinski definition) is 1. The van der Waals surface area contributed by atoms with Crippen LogP contribution in [0.1, 0.15) is 19.3 Å². The molecule has 1 saturated carbocycles. The number of nitrogens with zero attached hydrogens (tertiary/aromatic N) is 3. The summed E-state index contributed by atoms with van der Waals surface area (Å²) in [6, 6.07) is 0. The van der Waals surface area contributed by atoms with Crippen molar-refractivity contribution in [2.75, 3.05) is 46.9 Å². The number of rotatable bonds is 3. The molecule has 0 spiro atoms. The van der Waals surface area contributed by atoms with E-state index in [0.717, 1.165) is 32.8 Å². The molecule has 5 nitrogen and oxygen atoms in total. The SMILES string of the molecule is CN(C)C1(CN=C(N)N2CCOCC2)CCC1. The van der Waals surface area contributed by atoms with Gasteiger partial charge in [0.2, 0.25) is 0 Å². The highest BCUT2D eigenvalue weighted by Crippen LogP contribution is 2.36. The highest BCUT2D eigenvalue weighted by atomic mass is 16.5. The number of ether oxygens (including phenoxy) is 1. The molecule has 2 N–H and O–H groups in total. The summed E-state index contributed by atoms with van der Waals surface area (Å²) in [7, 11) is 4.28. The Morgan fingerprint density at radius 3 is 2.47 bits per heavy atom. The minimum Gasteiger partial charge on any atom is -0.378 e. The summed E-state index contributed by atoms with van der Waals surface area (Å²) >= 11 is 0. The van der Waals surface area contributed by atoms with E-state index in [1.54, 1.807) is 0 Å². The smallest absolute Gasteiger partial charge is 0.191 e. The quantitative estimate of drug-likeness (QED) is 0.562. The van der Waals surface area contributed by atoms with Crippen LogP contribution in [0.3, 0.4) is 0 Å². The number of morpholine rings is 1. The van der Waals surface area contributed by atoms with Crippen molar-refractivity contribution >= 4 is 5.96 Å². The van der Waals surface area contributed by atoms with Crippen LogP contribution in [0.5, 0.6) is 0 Å². The summed E-state index contributed by atoms with van der Waals surface area (Å²) in [6.45, 7) is 4.07. The first-order chi connectivity index (χ1) is 8.14. The minimum atomic E-state index is 0.261. The Kier molecular flexibility index (Phi) is 3.89. The largest absolute Gasteiger partial charge is 0.378 e. The topological polar surface area (TPSA) is 54.1 Å². The second kappa shape index (κ2) is 5.23. The normalized spacial score (nSPS) is 24.9. The Bertz CT molecular complexity index is 280. The fraction of sp³-hybridized carbons (Fsp3) is 0.917. The van der Waals surface area contributed by atoms with Crippen molar-refractivity contribution in [2.45, 2.75) is 24.8 Å². The Morgan fingerprint density at radius 1 is 1.35 bits per heavy atom. The van der Waals surface area contributed by atoms with Crippen LogP contribution in [0.4, 0.5) is 0 Å². The van der Waals surface area contributed by atoms with E-state index in [4.69, 9.17) is 10.5 Å². The number of guanidine groups is 1. The first kappa shape index (κ1) is 12.6. The molecule has 0 amide bonds. The van der Waals surface area contributed by atoms with Crippen LogP contribution >= 0.6 is 0 Å². The summed E-state index contributed by atoms with van der Waals surface area (Å²) in [5.74, 6) is 0.682. The molecule has 0 atom stereocenters. The first-order valence-corrected chi connectivity index (χ1v) is 6.44. The van der Waals surface area contributed by atoms with Gasteiger partial charge in [0.1, 0.15) is 0 Å². The van der Waals surface area contributed by atoms with Crippen LogP contribution in [-0.2, 0) is 4.74 Å². The fourth-order valence-corrected chi connectivity index (χ4v) is 2.45. The molecule has 1 saturated heterocycles. The van der Waals surface area contributed by atoms with Gasteiger partial charge >= 0.3 is 0 Å². The van der Waals surface area contributed by atoms with Crippen LogP contribution < -0.4 is 5.73 Å². The van der Waals surface area contributed by atoms with Crippen molar-refractivity contribution in [3.63, 3.8) is 0 Å². The Labute approximate surface area is 104 Å². The monoisotopic (exact) mass is 240 g/mol. The van der Waals surface area contributed by atoms with E-state index in [1.807, 2.05) is 0 Å². The molecule has 98 valence electrons. The molecule has 1 aliphatic carbocycles. The molecule has 2 fully saturated rings. The van der Waals surface area contributed by atoms with Crippen LogP contribution in [0.15, 0.2) is 4.99 Å². The maximum atomic E-state index is 6.04. The van der Waals surface area contributed by atoms with E-state index in [2.05, 4.69) is 28.9 Å². The zero-order chi connectivity index (χ0) is 12.3.